The molecule has 5 nitrogen and oxygen atoms in total. The summed E-state index contributed by atoms with van der Waals surface area (Å²) < 4.78 is 5.47. The van der Waals surface area contributed by atoms with Gasteiger partial charge in [0.1, 0.15) is 12.4 Å². The Kier molecular flexibility index (Phi) is 6.24. The lowest BCUT2D eigenvalue weighted by Crippen LogP contribution is -2.42. The minimum Gasteiger partial charge on any atom is -0.449 e. The van der Waals surface area contributed by atoms with Crippen molar-refractivity contribution in [1.82, 2.24) is 5.32 Å². The number of carbonyl (C=O) groups is 3. The van der Waals surface area contributed by atoms with E-state index < -0.39 is 12.1 Å². The first kappa shape index (κ1) is 19.8. The Labute approximate surface area is 165 Å². The molecule has 0 saturated carbocycles. The molecule has 1 unspecified atom stereocenters. The maximum Gasteiger partial charge on any atom is 0.407 e. The minimum absolute atomic E-state index is 0.00731. The SMILES string of the molecule is CCC(=O)CC(NC(=O)OCC1c2ccccc2-c2ccccc21)C(=O)CC. The zero-order valence-corrected chi connectivity index (χ0v) is 16.2. The molecule has 0 radical (unpaired) electrons. The highest BCUT2D eigenvalue weighted by atomic mass is 16.5. The zero-order chi connectivity index (χ0) is 20.1. The molecule has 0 aromatic heterocycles. The fourth-order valence-electron chi connectivity index (χ4n) is 3.65. The number of ether oxygens (including phenoxy) is 1. The third kappa shape index (κ3) is 4.14. The van der Waals surface area contributed by atoms with E-state index in [9.17, 15) is 14.4 Å². The van der Waals surface area contributed by atoms with E-state index in [1.54, 1.807) is 13.8 Å². The topological polar surface area (TPSA) is 72.5 Å². The fourth-order valence-corrected chi connectivity index (χ4v) is 3.65. The highest BCUT2D eigenvalue weighted by Gasteiger charge is 2.29. The molecule has 0 saturated heterocycles. The van der Waals surface area contributed by atoms with E-state index in [4.69, 9.17) is 4.74 Å². The van der Waals surface area contributed by atoms with Crippen molar-refractivity contribution in [2.75, 3.05) is 6.61 Å². The van der Waals surface area contributed by atoms with Crippen molar-refractivity contribution in [2.45, 2.75) is 45.1 Å². The van der Waals surface area contributed by atoms with Crippen molar-refractivity contribution in [2.24, 2.45) is 0 Å². The van der Waals surface area contributed by atoms with Crippen molar-refractivity contribution in [3.8, 4) is 11.1 Å². The van der Waals surface area contributed by atoms with Gasteiger partial charge < -0.3 is 10.1 Å². The number of carbonyl (C=O) groups excluding carboxylic acids is 3. The summed E-state index contributed by atoms with van der Waals surface area (Å²) in [6, 6.07) is 15.4. The summed E-state index contributed by atoms with van der Waals surface area (Å²) >= 11 is 0. The van der Waals surface area contributed by atoms with Crippen LogP contribution in [0.5, 0.6) is 0 Å². The van der Waals surface area contributed by atoms with Crippen molar-refractivity contribution < 1.29 is 19.1 Å². The maximum atomic E-state index is 12.3. The van der Waals surface area contributed by atoms with Gasteiger partial charge >= 0.3 is 6.09 Å². The molecular formula is C23H25NO4. The van der Waals surface area contributed by atoms with Crippen LogP contribution in [0.25, 0.3) is 11.1 Å². The molecule has 1 N–H and O–H groups in total. The van der Waals surface area contributed by atoms with Crippen LogP contribution in [0.4, 0.5) is 4.79 Å². The molecule has 0 bridgehead atoms. The Morgan fingerprint density at radius 2 is 1.50 bits per heavy atom. The fraction of sp³-hybridized carbons (Fsp3) is 0.348. The van der Waals surface area contributed by atoms with Gasteiger partial charge in [0.25, 0.3) is 0 Å². The van der Waals surface area contributed by atoms with Gasteiger partial charge in [-0.15, -0.1) is 0 Å². The number of fused-ring (bicyclic) bond motifs is 3. The van der Waals surface area contributed by atoms with Crippen LogP contribution >= 0.6 is 0 Å². The number of hydrogen-bond acceptors (Lipinski definition) is 4. The van der Waals surface area contributed by atoms with Crippen molar-refractivity contribution in [1.29, 1.82) is 0 Å². The van der Waals surface area contributed by atoms with Crippen molar-refractivity contribution in [3.05, 3.63) is 59.7 Å². The second-order valence-corrected chi connectivity index (χ2v) is 6.94. The first-order valence-corrected chi connectivity index (χ1v) is 9.71. The summed E-state index contributed by atoms with van der Waals surface area (Å²) in [6.45, 7) is 3.63. The van der Waals surface area contributed by atoms with Crippen LogP contribution in [-0.2, 0) is 14.3 Å². The van der Waals surface area contributed by atoms with Gasteiger partial charge in [-0.3, -0.25) is 9.59 Å². The molecule has 1 atom stereocenters. The van der Waals surface area contributed by atoms with Gasteiger partial charge in [0.2, 0.25) is 0 Å². The second kappa shape index (κ2) is 8.83. The van der Waals surface area contributed by atoms with Gasteiger partial charge in [-0.1, -0.05) is 62.4 Å². The predicted octanol–water partition coefficient (Wildman–Crippen LogP) is 4.24. The van der Waals surface area contributed by atoms with E-state index in [1.165, 1.54) is 0 Å². The number of ketones is 2. The third-order valence-electron chi connectivity index (χ3n) is 5.20. The monoisotopic (exact) mass is 379 g/mol. The van der Waals surface area contributed by atoms with Crippen LogP contribution in [0.15, 0.2) is 48.5 Å². The van der Waals surface area contributed by atoms with Gasteiger partial charge in [-0.25, -0.2) is 4.79 Å². The van der Waals surface area contributed by atoms with Crippen LogP contribution in [-0.4, -0.2) is 30.3 Å². The van der Waals surface area contributed by atoms with Crippen molar-refractivity contribution >= 4 is 17.7 Å². The quantitative estimate of drug-likeness (QED) is 0.744. The number of alkyl carbamates (subject to hydrolysis) is 1. The van der Waals surface area contributed by atoms with Crippen molar-refractivity contribution in [3.63, 3.8) is 0 Å². The molecule has 5 heteroatoms. The standard InChI is InChI=1S/C23H25NO4/c1-3-15(25)13-21(22(26)4-2)24-23(27)28-14-20-18-11-7-5-9-16(18)17-10-6-8-12-19(17)20/h5-12,20-21H,3-4,13-14H2,1-2H3,(H,24,27). The van der Waals surface area contributed by atoms with E-state index >= 15 is 0 Å². The second-order valence-electron chi connectivity index (χ2n) is 6.94. The van der Waals surface area contributed by atoms with Gasteiger partial charge in [0, 0.05) is 25.2 Å². The van der Waals surface area contributed by atoms with Gasteiger partial charge in [0.05, 0.1) is 6.04 Å². The molecule has 0 heterocycles. The summed E-state index contributed by atoms with van der Waals surface area (Å²) in [5.74, 6) is -0.281. The molecule has 0 aliphatic heterocycles. The number of nitrogens with one attached hydrogen (secondary N) is 1. The lowest BCUT2D eigenvalue weighted by molar-refractivity contribution is -0.125. The van der Waals surface area contributed by atoms with Crippen LogP contribution in [0.3, 0.4) is 0 Å². The minimum atomic E-state index is -0.826. The largest absolute Gasteiger partial charge is 0.449 e. The highest BCUT2D eigenvalue weighted by Crippen LogP contribution is 2.44. The molecule has 1 aliphatic rings. The molecule has 2 aromatic carbocycles. The van der Waals surface area contributed by atoms with E-state index in [0.29, 0.717) is 6.42 Å². The molecule has 0 fully saturated rings. The molecule has 0 spiro atoms. The zero-order valence-electron chi connectivity index (χ0n) is 16.2. The Hall–Kier alpha value is -2.95. The van der Waals surface area contributed by atoms with Crippen LogP contribution in [0, 0.1) is 0 Å². The normalized spacial score (nSPS) is 13.4. The highest BCUT2D eigenvalue weighted by molar-refractivity contribution is 5.92. The summed E-state index contributed by atoms with van der Waals surface area (Å²) in [6.07, 6.45) is -0.0731. The summed E-state index contributed by atoms with van der Waals surface area (Å²) in [7, 11) is 0. The maximum absolute atomic E-state index is 12.3. The Balaban J connectivity index is 1.69. The van der Waals surface area contributed by atoms with Crippen LogP contribution in [0.2, 0.25) is 0 Å². The van der Waals surface area contributed by atoms with Gasteiger partial charge in [0.15, 0.2) is 5.78 Å². The Morgan fingerprint density at radius 1 is 0.929 bits per heavy atom. The molecule has 1 aliphatic carbocycles. The first-order valence-electron chi connectivity index (χ1n) is 9.71. The molecular weight excluding hydrogens is 354 g/mol. The number of Topliss-reactive ketones (excluding diaryl/α,β-unsaturated/α-hetero) is 2. The van der Waals surface area contributed by atoms with E-state index in [0.717, 1.165) is 22.3 Å². The summed E-state index contributed by atoms with van der Waals surface area (Å²) in [5, 5.41) is 2.57. The molecule has 28 heavy (non-hydrogen) atoms. The average molecular weight is 379 g/mol. The van der Waals surface area contributed by atoms with Gasteiger partial charge in [-0.2, -0.15) is 0 Å². The lowest BCUT2D eigenvalue weighted by atomic mass is 9.98. The van der Waals surface area contributed by atoms with E-state index in [-0.39, 0.29) is 36.9 Å². The van der Waals surface area contributed by atoms with E-state index in [1.807, 2.05) is 36.4 Å². The molecule has 1 amide bonds. The third-order valence-corrected chi connectivity index (χ3v) is 5.20. The number of benzene rings is 2. The Morgan fingerprint density at radius 3 is 2.04 bits per heavy atom. The van der Waals surface area contributed by atoms with Crippen LogP contribution < -0.4 is 5.32 Å². The predicted molar refractivity (Wildman–Crippen MR) is 107 cm³/mol. The van der Waals surface area contributed by atoms with Gasteiger partial charge in [-0.05, 0) is 22.3 Å². The molecule has 146 valence electrons. The average Bonchev–Trinajstić information content (AvgIpc) is 3.05. The summed E-state index contributed by atoms with van der Waals surface area (Å²) in [5.41, 5.74) is 4.55. The van der Waals surface area contributed by atoms with E-state index in [2.05, 4.69) is 17.4 Å². The molecule has 3 rings (SSSR count). The van der Waals surface area contributed by atoms with Crippen LogP contribution in [0.1, 0.15) is 50.2 Å². The Bertz CT molecular complexity index is 844. The summed E-state index contributed by atoms with van der Waals surface area (Å²) in [4.78, 5) is 36.1. The number of rotatable bonds is 8. The smallest absolute Gasteiger partial charge is 0.407 e. The lowest BCUT2D eigenvalue weighted by Gasteiger charge is -2.18. The first-order chi connectivity index (χ1) is 13.5. The number of hydrogen-bond donors (Lipinski definition) is 1. The number of amides is 1. The molecule has 2 aromatic rings.